The molecular weight excluding hydrogens is 172 g/mol. The second-order valence-corrected chi connectivity index (χ2v) is 3.10. The third-order valence-corrected chi connectivity index (χ3v) is 2.33. The van der Waals surface area contributed by atoms with Crippen LogP contribution in [0.4, 0.5) is 0 Å². The molecule has 0 saturated carbocycles. The topological polar surface area (TPSA) is 38.0 Å². The fourth-order valence-corrected chi connectivity index (χ4v) is 1.66. The molecule has 0 unspecified atom stereocenters. The van der Waals surface area contributed by atoms with E-state index < -0.39 is 0 Å². The number of hydrogen-bond acceptors (Lipinski definition) is 2. The first kappa shape index (κ1) is 13.1. The maximum Gasteiger partial charge on any atom is 0.00206 e. The summed E-state index contributed by atoms with van der Waals surface area (Å²) in [5.41, 5.74) is 5.98. The van der Waals surface area contributed by atoms with E-state index in [2.05, 4.69) is 41.4 Å². The Bertz CT molecular complexity index is 215. The van der Waals surface area contributed by atoms with Crippen molar-refractivity contribution in [2.75, 3.05) is 20.1 Å². The molecule has 0 radical (unpaired) electrons. The Labute approximate surface area is 87.5 Å². The van der Waals surface area contributed by atoms with Gasteiger partial charge in [0.15, 0.2) is 0 Å². The van der Waals surface area contributed by atoms with E-state index >= 15 is 0 Å². The summed E-state index contributed by atoms with van der Waals surface area (Å²) >= 11 is 0. The van der Waals surface area contributed by atoms with Crippen molar-refractivity contribution in [3.63, 3.8) is 0 Å². The van der Waals surface area contributed by atoms with Crippen LogP contribution in [0.15, 0.2) is 30.3 Å². The largest absolute Gasteiger partial charge is 0.333 e. The van der Waals surface area contributed by atoms with Gasteiger partial charge in [0.2, 0.25) is 0 Å². The molecule has 14 heavy (non-hydrogen) atoms. The first-order valence-corrected chi connectivity index (χ1v) is 4.80. The number of nitrogens with two attached hydrogens (primary N) is 1. The highest BCUT2D eigenvalue weighted by Gasteiger charge is 2.15. The molecule has 0 spiro atoms. The van der Waals surface area contributed by atoms with Crippen LogP contribution in [0.5, 0.6) is 0 Å². The summed E-state index contributed by atoms with van der Waals surface area (Å²) in [4.78, 5) is 0. The molecule has 1 fully saturated rings. The summed E-state index contributed by atoms with van der Waals surface area (Å²) in [6, 6.07) is 10.8. The van der Waals surface area contributed by atoms with Crippen LogP contribution in [-0.2, 0) is 0 Å². The van der Waals surface area contributed by atoms with Gasteiger partial charge in [-0.1, -0.05) is 37.8 Å². The molecule has 0 amide bonds. The lowest BCUT2D eigenvalue weighted by molar-refractivity contribution is 0.763. The summed E-state index contributed by atoms with van der Waals surface area (Å²) in [6.45, 7) is 2.34. The van der Waals surface area contributed by atoms with Gasteiger partial charge in [-0.05, 0) is 31.5 Å². The number of benzene rings is 1. The van der Waals surface area contributed by atoms with Crippen LogP contribution in [0.25, 0.3) is 0 Å². The number of nitrogens with one attached hydrogen (secondary N) is 1. The van der Waals surface area contributed by atoms with Gasteiger partial charge >= 0.3 is 0 Å². The van der Waals surface area contributed by atoms with Gasteiger partial charge in [-0.25, -0.2) is 0 Å². The van der Waals surface area contributed by atoms with Crippen molar-refractivity contribution in [2.45, 2.75) is 19.8 Å². The minimum absolute atomic E-state index is 0. The van der Waals surface area contributed by atoms with Gasteiger partial charge in [0.25, 0.3) is 0 Å². The van der Waals surface area contributed by atoms with E-state index in [-0.39, 0.29) is 7.43 Å². The molecule has 1 aromatic carbocycles. The predicted molar refractivity (Wildman–Crippen MR) is 63.5 cm³/mol. The van der Waals surface area contributed by atoms with Gasteiger partial charge < -0.3 is 11.1 Å². The van der Waals surface area contributed by atoms with E-state index in [0.717, 1.165) is 12.5 Å². The zero-order valence-electron chi connectivity index (χ0n) is 8.16. The predicted octanol–water partition coefficient (Wildman–Crippen LogP) is 1.97. The third-order valence-electron chi connectivity index (χ3n) is 2.33. The Hall–Kier alpha value is -0.860. The Morgan fingerprint density at radius 2 is 1.86 bits per heavy atom. The molecular formula is C12H22N2. The second kappa shape index (κ2) is 7.54. The second-order valence-electron chi connectivity index (χ2n) is 3.10. The monoisotopic (exact) mass is 194 g/mol. The van der Waals surface area contributed by atoms with Crippen LogP contribution in [0.1, 0.15) is 25.3 Å². The highest BCUT2D eigenvalue weighted by atomic mass is 14.9. The van der Waals surface area contributed by atoms with Crippen molar-refractivity contribution in [1.82, 2.24) is 5.32 Å². The molecule has 2 nitrogen and oxygen atoms in total. The maximum absolute atomic E-state index is 4.50. The Balaban J connectivity index is 0.000000531. The highest BCUT2D eigenvalue weighted by Crippen LogP contribution is 2.21. The smallest absolute Gasteiger partial charge is 0.00206 e. The van der Waals surface area contributed by atoms with Gasteiger partial charge in [-0.3, -0.25) is 0 Å². The lowest BCUT2D eigenvalue weighted by Crippen LogP contribution is -2.07. The van der Waals surface area contributed by atoms with Crippen LogP contribution in [0.2, 0.25) is 0 Å². The minimum atomic E-state index is 0. The van der Waals surface area contributed by atoms with Crippen LogP contribution in [0.3, 0.4) is 0 Å². The SMILES string of the molecule is C.CN.c1ccc([C@H]2CCNC2)cc1. The van der Waals surface area contributed by atoms with Crippen LogP contribution >= 0.6 is 0 Å². The van der Waals surface area contributed by atoms with Crippen molar-refractivity contribution in [3.05, 3.63) is 35.9 Å². The quantitative estimate of drug-likeness (QED) is 0.717. The summed E-state index contributed by atoms with van der Waals surface area (Å²) in [6.07, 6.45) is 1.30. The van der Waals surface area contributed by atoms with Crippen molar-refractivity contribution >= 4 is 0 Å². The average molecular weight is 194 g/mol. The lowest BCUT2D eigenvalue weighted by atomic mass is 9.99. The summed E-state index contributed by atoms with van der Waals surface area (Å²) < 4.78 is 0. The fourth-order valence-electron chi connectivity index (χ4n) is 1.66. The molecule has 1 atom stereocenters. The summed E-state index contributed by atoms with van der Waals surface area (Å²) in [5.74, 6) is 0.760. The molecule has 0 aliphatic carbocycles. The standard InChI is InChI=1S/C10H13N.CH5N.CH4/c1-2-4-9(5-3-1)10-6-7-11-8-10;1-2;/h1-5,10-11H,6-8H2;2H2,1H3;1H4/t10-;;/m0../s1. The molecule has 3 N–H and O–H groups in total. The van der Waals surface area contributed by atoms with Crippen LogP contribution < -0.4 is 11.1 Å². The zero-order valence-corrected chi connectivity index (χ0v) is 8.16. The molecule has 2 heteroatoms. The fraction of sp³-hybridized carbons (Fsp3) is 0.500. The molecule has 2 rings (SSSR count). The van der Waals surface area contributed by atoms with E-state index in [1.807, 2.05) is 0 Å². The van der Waals surface area contributed by atoms with E-state index in [4.69, 9.17) is 0 Å². The summed E-state index contributed by atoms with van der Waals surface area (Å²) in [7, 11) is 1.50. The van der Waals surface area contributed by atoms with Crippen LogP contribution in [0, 0.1) is 0 Å². The molecule has 0 bridgehead atoms. The van der Waals surface area contributed by atoms with E-state index in [1.165, 1.54) is 25.6 Å². The molecule has 1 aliphatic rings. The molecule has 1 aliphatic heterocycles. The number of hydrogen-bond donors (Lipinski definition) is 2. The van der Waals surface area contributed by atoms with Crippen LogP contribution in [-0.4, -0.2) is 20.1 Å². The van der Waals surface area contributed by atoms with Crippen molar-refractivity contribution < 1.29 is 0 Å². The molecule has 1 aromatic rings. The van der Waals surface area contributed by atoms with Crippen molar-refractivity contribution in [2.24, 2.45) is 5.73 Å². The van der Waals surface area contributed by atoms with Gasteiger partial charge in [0.05, 0.1) is 0 Å². The van der Waals surface area contributed by atoms with Gasteiger partial charge in [-0.15, -0.1) is 0 Å². The third kappa shape index (κ3) is 3.48. The van der Waals surface area contributed by atoms with Gasteiger partial charge in [0.1, 0.15) is 0 Å². The average Bonchev–Trinajstić information content (AvgIpc) is 2.75. The molecule has 1 saturated heterocycles. The zero-order chi connectivity index (χ0) is 9.52. The Morgan fingerprint density at radius 1 is 1.21 bits per heavy atom. The Morgan fingerprint density at radius 3 is 2.36 bits per heavy atom. The molecule has 0 aromatic heterocycles. The minimum Gasteiger partial charge on any atom is -0.333 e. The van der Waals surface area contributed by atoms with Crippen molar-refractivity contribution in [3.8, 4) is 0 Å². The normalized spacial score (nSPS) is 19.1. The molecule has 1 heterocycles. The van der Waals surface area contributed by atoms with E-state index in [0.29, 0.717) is 0 Å². The van der Waals surface area contributed by atoms with Gasteiger partial charge in [0, 0.05) is 6.54 Å². The first-order valence-electron chi connectivity index (χ1n) is 4.80. The highest BCUT2D eigenvalue weighted by molar-refractivity contribution is 5.20. The maximum atomic E-state index is 4.50. The van der Waals surface area contributed by atoms with E-state index in [1.54, 1.807) is 0 Å². The van der Waals surface area contributed by atoms with Gasteiger partial charge in [-0.2, -0.15) is 0 Å². The lowest BCUT2D eigenvalue weighted by Gasteiger charge is -2.06. The molecule has 80 valence electrons. The number of rotatable bonds is 1. The van der Waals surface area contributed by atoms with Crippen molar-refractivity contribution in [1.29, 1.82) is 0 Å². The Kier molecular flexibility index (Phi) is 7.07. The first-order chi connectivity index (χ1) is 6.47. The summed E-state index contributed by atoms with van der Waals surface area (Å²) in [5, 5.41) is 3.37. The van der Waals surface area contributed by atoms with E-state index in [9.17, 15) is 0 Å².